The maximum Gasteiger partial charge on any atom is 0.0864 e. The fourth-order valence-electron chi connectivity index (χ4n) is 2.04. The molecular weight excluding hydrogens is 164 g/mol. The lowest BCUT2D eigenvalue weighted by molar-refractivity contribution is 0.122. The SMILES string of the molecule is CCOC(C)[Si](CC)(CC)CC. The molecule has 0 aromatic heterocycles. The van der Waals surface area contributed by atoms with Gasteiger partial charge in [-0.15, -0.1) is 0 Å². The summed E-state index contributed by atoms with van der Waals surface area (Å²) in [4.78, 5) is 0. The molecule has 0 rings (SSSR count). The lowest BCUT2D eigenvalue weighted by atomic mass is 10.8. The standard InChI is InChI=1S/C10H24OSi/c1-6-11-10(5)12(7-2,8-3)9-4/h10H,6-9H2,1-5H3. The van der Waals surface area contributed by atoms with Gasteiger partial charge in [0.25, 0.3) is 0 Å². The Morgan fingerprint density at radius 1 is 1.00 bits per heavy atom. The molecule has 0 saturated carbocycles. The topological polar surface area (TPSA) is 9.23 Å². The van der Waals surface area contributed by atoms with Gasteiger partial charge in [-0.05, 0) is 13.8 Å². The van der Waals surface area contributed by atoms with Gasteiger partial charge in [-0.3, -0.25) is 0 Å². The zero-order valence-electron chi connectivity index (χ0n) is 9.31. The van der Waals surface area contributed by atoms with Gasteiger partial charge in [-0.25, -0.2) is 0 Å². The number of ether oxygens (including phenoxy) is 1. The quantitative estimate of drug-likeness (QED) is 0.580. The van der Waals surface area contributed by atoms with Crippen LogP contribution >= 0.6 is 0 Å². The second-order valence-corrected chi connectivity index (χ2v) is 9.18. The van der Waals surface area contributed by atoms with Crippen molar-refractivity contribution in [3.05, 3.63) is 0 Å². The van der Waals surface area contributed by atoms with Crippen LogP contribution in [0.3, 0.4) is 0 Å². The van der Waals surface area contributed by atoms with Crippen LogP contribution in [-0.2, 0) is 4.74 Å². The first-order valence-electron chi connectivity index (χ1n) is 5.28. The predicted octanol–water partition coefficient (Wildman–Crippen LogP) is 3.46. The first kappa shape index (κ1) is 12.2. The molecule has 0 N–H and O–H groups in total. The van der Waals surface area contributed by atoms with Crippen molar-refractivity contribution in [1.29, 1.82) is 0 Å². The van der Waals surface area contributed by atoms with Crippen molar-refractivity contribution in [3.8, 4) is 0 Å². The van der Waals surface area contributed by atoms with Crippen molar-refractivity contribution in [2.45, 2.75) is 58.5 Å². The molecule has 0 aliphatic heterocycles. The van der Waals surface area contributed by atoms with E-state index in [9.17, 15) is 0 Å². The first-order valence-corrected chi connectivity index (χ1v) is 7.98. The van der Waals surface area contributed by atoms with Crippen LogP contribution in [0.15, 0.2) is 0 Å². The fourth-order valence-corrected chi connectivity index (χ4v) is 5.78. The second kappa shape index (κ2) is 5.76. The Labute approximate surface area is 78.5 Å². The third kappa shape index (κ3) is 2.59. The molecular formula is C10H24OSi. The van der Waals surface area contributed by atoms with Crippen LogP contribution in [0.25, 0.3) is 0 Å². The molecule has 0 fully saturated rings. The van der Waals surface area contributed by atoms with Crippen LogP contribution in [0.2, 0.25) is 18.1 Å². The minimum atomic E-state index is -1.06. The second-order valence-electron chi connectivity index (χ2n) is 3.52. The highest BCUT2D eigenvalue weighted by molar-refractivity contribution is 6.80. The number of hydrogen-bond acceptors (Lipinski definition) is 1. The highest BCUT2D eigenvalue weighted by atomic mass is 28.3. The van der Waals surface area contributed by atoms with Crippen molar-refractivity contribution in [2.75, 3.05) is 6.61 Å². The molecule has 0 heterocycles. The van der Waals surface area contributed by atoms with E-state index < -0.39 is 8.07 Å². The van der Waals surface area contributed by atoms with Gasteiger partial charge in [0.1, 0.15) is 0 Å². The van der Waals surface area contributed by atoms with Crippen molar-refractivity contribution >= 4 is 8.07 Å². The molecule has 0 aliphatic carbocycles. The molecule has 0 amide bonds. The van der Waals surface area contributed by atoms with Gasteiger partial charge < -0.3 is 4.74 Å². The van der Waals surface area contributed by atoms with E-state index in [0.29, 0.717) is 5.73 Å². The first-order chi connectivity index (χ1) is 5.66. The van der Waals surface area contributed by atoms with Crippen LogP contribution < -0.4 is 0 Å². The molecule has 0 aromatic rings. The van der Waals surface area contributed by atoms with Crippen LogP contribution in [0.1, 0.15) is 34.6 Å². The van der Waals surface area contributed by atoms with E-state index in [-0.39, 0.29) is 0 Å². The zero-order valence-corrected chi connectivity index (χ0v) is 10.3. The van der Waals surface area contributed by atoms with Crippen LogP contribution in [0.4, 0.5) is 0 Å². The summed E-state index contributed by atoms with van der Waals surface area (Å²) in [6.07, 6.45) is 0. The van der Waals surface area contributed by atoms with Gasteiger partial charge in [0.2, 0.25) is 0 Å². The average molecular weight is 188 g/mol. The summed E-state index contributed by atoms with van der Waals surface area (Å²) in [5.41, 5.74) is 0.544. The summed E-state index contributed by atoms with van der Waals surface area (Å²) in [6.45, 7) is 12.2. The zero-order chi connectivity index (χ0) is 9.61. The molecule has 0 spiro atoms. The third-order valence-electron chi connectivity index (χ3n) is 3.39. The van der Waals surface area contributed by atoms with Crippen LogP contribution in [0, 0.1) is 0 Å². The Morgan fingerprint density at radius 3 is 1.67 bits per heavy atom. The van der Waals surface area contributed by atoms with Gasteiger partial charge in [-0.2, -0.15) is 0 Å². The number of rotatable bonds is 6. The summed E-state index contributed by atoms with van der Waals surface area (Å²) in [6, 6.07) is 4.09. The average Bonchev–Trinajstić information content (AvgIpc) is 2.09. The maximum atomic E-state index is 5.74. The maximum absolute atomic E-state index is 5.74. The van der Waals surface area contributed by atoms with Crippen molar-refractivity contribution < 1.29 is 4.74 Å². The minimum Gasteiger partial charge on any atom is -0.382 e. The molecule has 12 heavy (non-hydrogen) atoms. The van der Waals surface area contributed by atoms with Crippen molar-refractivity contribution in [2.24, 2.45) is 0 Å². The molecule has 1 nitrogen and oxygen atoms in total. The molecule has 0 saturated heterocycles. The Bertz CT molecular complexity index is 102. The smallest absolute Gasteiger partial charge is 0.0864 e. The van der Waals surface area contributed by atoms with Crippen molar-refractivity contribution in [3.63, 3.8) is 0 Å². The molecule has 1 atom stereocenters. The molecule has 1 unspecified atom stereocenters. The van der Waals surface area contributed by atoms with E-state index in [2.05, 4.69) is 34.6 Å². The molecule has 2 heteroatoms. The van der Waals surface area contributed by atoms with E-state index in [0.717, 1.165) is 6.61 Å². The highest BCUT2D eigenvalue weighted by Gasteiger charge is 2.33. The molecule has 0 bridgehead atoms. The normalized spacial score (nSPS) is 14.8. The lowest BCUT2D eigenvalue weighted by Gasteiger charge is -2.34. The van der Waals surface area contributed by atoms with E-state index in [1.54, 1.807) is 0 Å². The minimum absolute atomic E-state index is 0.544. The summed E-state index contributed by atoms with van der Waals surface area (Å²) in [5.74, 6) is 0. The predicted molar refractivity (Wildman–Crippen MR) is 58.3 cm³/mol. The van der Waals surface area contributed by atoms with E-state index in [4.69, 9.17) is 4.74 Å². The van der Waals surface area contributed by atoms with Gasteiger partial charge in [0.15, 0.2) is 0 Å². The Balaban J connectivity index is 4.24. The highest BCUT2D eigenvalue weighted by Crippen LogP contribution is 2.25. The van der Waals surface area contributed by atoms with Gasteiger partial charge in [0, 0.05) is 12.3 Å². The summed E-state index contributed by atoms with van der Waals surface area (Å²) < 4.78 is 5.74. The fraction of sp³-hybridized carbons (Fsp3) is 1.00. The van der Waals surface area contributed by atoms with Gasteiger partial charge >= 0.3 is 0 Å². The monoisotopic (exact) mass is 188 g/mol. The Hall–Kier alpha value is 0.177. The number of hydrogen-bond donors (Lipinski definition) is 0. The Morgan fingerprint density at radius 2 is 1.42 bits per heavy atom. The van der Waals surface area contributed by atoms with E-state index in [1.807, 2.05) is 0 Å². The molecule has 0 radical (unpaired) electrons. The lowest BCUT2D eigenvalue weighted by Crippen LogP contribution is -2.45. The van der Waals surface area contributed by atoms with Crippen LogP contribution in [0.5, 0.6) is 0 Å². The van der Waals surface area contributed by atoms with Crippen LogP contribution in [-0.4, -0.2) is 20.4 Å². The Kier molecular flexibility index (Phi) is 5.84. The molecule has 0 aliphatic rings. The molecule has 74 valence electrons. The largest absolute Gasteiger partial charge is 0.382 e. The summed E-state index contributed by atoms with van der Waals surface area (Å²) >= 11 is 0. The van der Waals surface area contributed by atoms with E-state index in [1.165, 1.54) is 18.1 Å². The van der Waals surface area contributed by atoms with Gasteiger partial charge in [0.05, 0.1) is 8.07 Å². The molecule has 0 aromatic carbocycles. The van der Waals surface area contributed by atoms with Gasteiger partial charge in [-0.1, -0.05) is 38.9 Å². The summed E-state index contributed by atoms with van der Waals surface area (Å²) in [7, 11) is -1.06. The van der Waals surface area contributed by atoms with E-state index >= 15 is 0 Å². The summed E-state index contributed by atoms with van der Waals surface area (Å²) in [5, 5.41) is 0. The third-order valence-corrected chi connectivity index (χ3v) is 9.51. The van der Waals surface area contributed by atoms with Crippen molar-refractivity contribution in [1.82, 2.24) is 0 Å².